The van der Waals surface area contributed by atoms with Gasteiger partial charge in [0, 0.05) is 39.4 Å². The fraction of sp³-hybridized carbons (Fsp3) is 0.235. The van der Waals surface area contributed by atoms with Crippen molar-refractivity contribution in [1.82, 2.24) is 20.6 Å². The molecule has 238 valence electrons. The number of esters is 1. The number of halogens is 1. The summed E-state index contributed by atoms with van der Waals surface area (Å²) in [6.07, 6.45) is 1.62. The molecule has 3 aromatic carbocycles. The Morgan fingerprint density at radius 1 is 1.07 bits per heavy atom. The highest BCUT2D eigenvalue weighted by Crippen LogP contribution is 2.34. The zero-order valence-electron chi connectivity index (χ0n) is 25.8. The van der Waals surface area contributed by atoms with E-state index in [2.05, 4.69) is 25.7 Å². The number of rotatable bonds is 11. The van der Waals surface area contributed by atoms with Gasteiger partial charge in [-0.25, -0.2) is 15.0 Å². The van der Waals surface area contributed by atoms with Gasteiger partial charge in [0.25, 0.3) is 5.91 Å². The smallest absolute Gasteiger partial charge is 0.338 e. The third kappa shape index (κ3) is 6.84. The van der Waals surface area contributed by atoms with Gasteiger partial charge in [0.2, 0.25) is 0 Å². The van der Waals surface area contributed by atoms with Crippen LogP contribution in [0.5, 0.6) is 11.5 Å². The molecular weight excluding hydrogens is 610 g/mol. The molecule has 5 rings (SSSR count). The van der Waals surface area contributed by atoms with Gasteiger partial charge in [0.15, 0.2) is 18.1 Å². The topological polar surface area (TPSA) is 132 Å². The first kappa shape index (κ1) is 32.1. The highest BCUT2D eigenvalue weighted by atomic mass is 35.5. The molecular formula is C34H34ClN5O6. The van der Waals surface area contributed by atoms with Gasteiger partial charge in [-0.1, -0.05) is 54.1 Å². The fourth-order valence-electron chi connectivity index (χ4n) is 5.37. The summed E-state index contributed by atoms with van der Waals surface area (Å²) in [5.41, 5.74) is 7.63. The lowest BCUT2D eigenvalue weighted by Crippen LogP contribution is -2.45. The molecule has 0 saturated heterocycles. The third-order valence-electron chi connectivity index (χ3n) is 7.59. The summed E-state index contributed by atoms with van der Waals surface area (Å²) >= 11 is 6.43. The maximum Gasteiger partial charge on any atom is 0.338 e. The Labute approximate surface area is 271 Å². The minimum atomic E-state index is -0.771. The van der Waals surface area contributed by atoms with Gasteiger partial charge in [0.05, 0.1) is 31.5 Å². The zero-order valence-corrected chi connectivity index (χ0v) is 26.6. The minimum Gasteiger partial charge on any atom is -0.493 e. The molecule has 1 aliphatic heterocycles. The first-order chi connectivity index (χ1) is 22.2. The predicted molar refractivity (Wildman–Crippen MR) is 175 cm³/mol. The Bertz CT molecular complexity index is 1860. The molecule has 1 atom stereocenters. The van der Waals surface area contributed by atoms with Crippen LogP contribution in [0, 0.1) is 6.92 Å². The van der Waals surface area contributed by atoms with Crippen molar-refractivity contribution in [3.8, 4) is 11.5 Å². The maximum atomic E-state index is 12.7. The Hall–Kier alpha value is -5.29. The van der Waals surface area contributed by atoms with Crippen LogP contribution in [0.1, 0.15) is 42.3 Å². The van der Waals surface area contributed by atoms with Gasteiger partial charge in [-0.15, -0.1) is 0 Å². The minimum absolute atomic E-state index is 0.186. The predicted octanol–water partition coefficient (Wildman–Crippen LogP) is 5.38. The number of hydrazone groups is 1. The Morgan fingerprint density at radius 2 is 1.83 bits per heavy atom. The number of ether oxygens (including phenoxy) is 3. The number of aromatic nitrogens is 1. The highest BCUT2D eigenvalue weighted by Gasteiger charge is 2.32. The van der Waals surface area contributed by atoms with Crippen LogP contribution in [0.15, 0.2) is 83.1 Å². The number of amides is 3. The summed E-state index contributed by atoms with van der Waals surface area (Å²) in [5.74, 6) is -0.421. The van der Waals surface area contributed by atoms with Crippen molar-refractivity contribution in [2.24, 2.45) is 5.10 Å². The number of para-hydroxylation sites is 1. The van der Waals surface area contributed by atoms with Gasteiger partial charge in [-0.3, -0.25) is 4.79 Å². The van der Waals surface area contributed by atoms with Gasteiger partial charge in [0.1, 0.15) is 0 Å². The first-order valence-corrected chi connectivity index (χ1v) is 15.0. The number of carbonyl (C=O) groups is 3. The Balaban J connectivity index is 1.27. The Morgan fingerprint density at radius 3 is 2.59 bits per heavy atom. The van der Waals surface area contributed by atoms with E-state index in [1.807, 2.05) is 55.5 Å². The number of hydrogen-bond acceptors (Lipinski definition) is 7. The first-order valence-electron chi connectivity index (χ1n) is 14.6. The third-order valence-corrected chi connectivity index (χ3v) is 7.96. The molecule has 0 unspecified atom stereocenters. The number of hydrogen-bond donors (Lipinski definition) is 3. The summed E-state index contributed by atoms with van der Waals surface area (Å²) in [6.45, 7) is 5.78. The van der Waals surface area contributed by atoms with E-state index < -0.39 is 23.9 Å². The molecule has 3 amide bonds. The van der Waals surface area contributed by atoms with Gasteiger partial charge in [-0.05, 0) is 56.2 Å². The quantitative estimate of drug-likeness (QED) is 0.114. The van der Waals surface area contributed by atoms with Gasteiger partial charge in [-0.2, -0.15) is 5.10 Å². The van der Waals surface area contributed by atoms with Crippen LogP contribution in [-0.4, -0.2) is 49.0 Å². The molecule has 12 heteroatoms. The molecule has 1 aromatic heterocycles. The van der Waals surface area contributed by atoms with Crippen LogP contribution in [0.3, 0.4) is 0 Å². The van der Waals surface area contributed by atoms with Crippen molar-refractivity contribution in [1.29, 1.82) is 0 Å². The molecule has 0 aliphatic carbocycles. The van der Waals surface area contributed by atoms with Crippen LogP contribution >= 0.6 is 11.6 Å². The number of methoxy groups -OCH3 is 1. The second-order valence-electron chi connectivity index (χ2n) is 10.5. The average Bonchev–Trinajstić information content (AvgIpc) is 3.30. The molecule has 46 heavy (non-hydrogen) atoms. The summed E-state index contributed by atoms with van der Waals surface area (Å²) in [5, 5.41) is 11.2. The van der Waals surface area contributed by atoms with Crippen molar-refractivity contribution < 1.29 is 28.6 Å². The zero-order chi connectivity index (χ0) is 32.8. The molecule has 2 heterocycles. The number of benzene rings is 3. The summed E-state index contributed by atoms with van der Waals surface area (Å²) in [7, 11) is 1.45. The van der Waals surface area contributed by atoms with Crippen molar-refractivity contribution in [2.75, 3.05) is 20.3 Å². The molecule has 11 nitrogen and oxygen atoms in total. The standard InChI is InChI=1S/C34H34ClN5O6/c1-5-45-33(42)31-20(2)37-34(43)38-32(31)22-14-15-28(29(16-22)44-4)46-19-30(41)39-36-17-25-21(3)40(27-13-9-7-11-24(25)27)18-23-10-6-8-12-26(23)35/h6-17,32H,5,18-19H2,1-4H3,(H,39,41)(H2,37,38,43)/b36-17-/t32-/m1/s1. The van der Waals surface area contributed by atoms with Crippen molar-refractivity contribution in [3.05, 3.63) is 105 Å². The second kappa shape index (κ2) is 14.2. The van der Waals surface area contributed by atoms with Gasteiger partial charge < -0.3 is 29.4 Å². The van der Waals surface area contributed by atoms with Crippen LogP contribution in [-0.2, 0) is 20.9 Å². The van der Waals surface area contributed by atoms with E-state index in [1.54, 1.807) is 38.3 Å². The number of allylic oxidation sites excluding steroid dienone is 1. The van der Waals surface area contributed by atoms with Crippen LogP contribution in [0.25, 0.3) is 10.9 Å². The average molecular weight is 644 g/mol. The fourth-order valence-corrected chi connectivity index (χ4v) is 5.57. The SMILES string of the molecule is CCOC(=O)C1=C(C)NC(=O)N[C@@H]1c1ccc(OCC(=O)N/N=C\c2c(C)n(Cc3ccccc3Cl)c3ccccc23)c(OC)c1. The van der Waals surface area contributed by atoms with Crippen LogP contribution in [0.2, 0.25) is 5.02 Å². The van der Waals surface area contributed by atoms with Crippen LogP contribution in [0.4, 0.5) is 4.79 Å². The van der Waals surface area contributed by atoms with E-state index in [0.717, 1.165) is 27.7 Å². The molecule has 1 aliphatic rings. The van der Waals surface area contributed by atoms with Crippen LogP contribution < -0.4 is 25.5 Å². The largest absolute Gasteiger partial charge is 0.493 e. The lowest BCUT2D eigenvalue weighted by Gasteiger charge is -2.28. The number of urea groups is 1. The van der Waals surface area contributed by atoms with Gasteiger partial charge >= 0.3 is 12.0 Å². The highest BCUT2D eigenvalue weighted by molar-refractivity contribution is 6.31. The normalized spacial score (nSPS) is 14.6. The van der Waals surface area contributed by atoms with E-state index in [9.17, 15) is 14.4 Å². The molecule has 0 bridgehead atoms. The number of nitrogens with one attached hydrogen (secondary N) is 3. The summed E-state index contributed by atoms with van der Waals surface area (Å²) in [6, 6.07) is 19.4. The summed E-state index contributed by atoms with van der Waals surface area (Å²) in [4.78, 5) is 37.5. The molecule has 0 fully saturated rings. The van der Waals surface area contributed by atoms with Crippen molar-refractivity contribution in [2.45, 2.75) is 33.4 Å². The van der Waals surface area contributed by atoms with E-state index >= 15 is 0 Å². The number of fused-ring (bicyclic) bond motifs is 1. The van der Waals surface area contributed by atoms with E-state index in [4.69, 9.17) is 25.8 Å². The lowest BCUT2D eigenvalue weighted by atomic mass is 9.95. The van der Waals surface area contributed by atoms with E-state index in [1.165, 1.54) is 7.11 Å². The molecule has 0 spiro atoms. The summed E-state index contributed by atoms with van der Waals surface area (Å²) < 4.78 is 18.6. The second-order valence-corrected chi connectivity index (χ2v) is 10.9. The monoisotopic (exact) mass is 643 g/mol. The van der Waals surface area contributed by atoms with E-state index in [-0.39, 0.29) is 18.8 Å². The lowest BCUT2D eigenvalue weighted by molar-refractivity contribution is -0.139. The Kier molecular flexibility index (Phi) is 9.92. The molecule has 0 radical (unpaired) electrons. The maximum absolute atomic E-state index is 12.7. The van der Waals surface area contributed by atoms with Crippen molar-refractivity contribution in [3.63, 3.8) is 0 Å². The molecule has 4 aromatic rings. The molecule has 0 saturated carbocycles. The number of nitrogens with zero attached hydrogens (tertiary/aromatic N) is 2. The van der Waals surface area contributed by atoms with Crippen molar-refractivity contribution >= 4 is 46.6 Å². The number of carbonyl (C=O) groups excluding carboxylic acids is 3. The molecule has 3 N–H and O–H groups in total. The van der Waals surface area contributed by atoms with E-state index in [0.29, 0.717) is 34.3 Å².